The molecule has 98 valence electrons. The number of para-hydroxylation sites is 1. The largest absolute Gasteiger partial charge is 0.496 e. The van der Waals surface area contributed by atoms with Gasteiger partial charge in [0, 0.05) is 23.5 Å². The molecule has 1 aromatic carbocycles. The number of fused-ring (bicyclic) bond motifs is 1. The molecular weight excluding hydrogens is 252 g/mol. The number of hydrogen-bond acceptors (Lipinski definition) is 4. The number of methoxy groups -OCH3 is 1. The molecule has 3 aromatic rings. The quantitative estimate of drug-likeness (QED) is 0.729. The van der Waals surface area contributed by atoms with Crippen LogP contribution in [0.1, 0.15) is 5.56 Å². The van der Waals surface area contributed by atoms with Gasteiger partial charge in [0.05, 0.1) is 19.6 Å². The lowest BCUT2D eigenvalue weighted by molar-refractivity contribution is 0.416. The van der Waals surface area contributed by atoms with Crippen LogP contribution in [0.25, 0.3) is 16.9 Å². The molecule has 0 N–H and O–H groups in total. The van der Waals surface area contributed by atoms with Crippen LogP contribution in [0.15, 0.2) is 42.7 Å². The lowest BCUT2D eigenvalue weighted by atomic mass is 10.1. The SMILES string of the molecule is COc1ccccc1-c1nn2cccnc2c1CC#N. The van der Waals surface area contributed by atoms with Crippen LogP contribution in [0.2, 0.25) is 0 Å². The summed E-state index contributed by atoms with van der Waals surface area (Å²) in [5.41, 5.74) is 3.13. The Bertz CT molecular complexity index is 801. The van der Waals surface area contributed by atoms with Crippen LogP contribution in [0.4, 0.5) is 0 Å². The van der Waals surface area contributed by atoms with Crippen molar-refractivity contribution in [3.05, 3.63) is 48.3 Å². The van der Waals surface area contributed by atoms with Gasteiger partial charge in [0.25, 0.3) is 0 Å². The maximum atomic E-state index is 9.05. The highest BCUT2D eigenvalue weighted by atomic mass is 16.5. The van der Waals surface area contributed by atoms with Crippen LogP contribution in [0.5, 0.6) is 5.75 Å². The summed E-state index contributed by atoms with van der Waals surface area (Å²) in [5, 5.41) is 13.6. The lowest BCUT2D eigenvalue weighted by Gasteiger charge is -2.06. The van der Waals surface area contributed by atoms with Crippen molar-refractivity contribution in [3.8, 4) is 23.1 Å². The molecule has 0 saturated carbocycles. The minimum Gasteiger partial charge on any atom is -0.496 e. The molecule has 20 heavy (non-hydrogen) atoms. The van der Waals surface area contributed by atoms with Gasteiger partial charge in [0.15, 0.2) is 5.65 Å². The zero-order chi connectivity index (χ0) is 13.9. The molecule has 0 aliphatic rings. The van der Waals surface area contributed by atoms with Gasteiger partial charge in [-0.1, -0.05) is 12.1 Å². The maximum absolute atomic E-state index is 9.05. The first kappa shape index (κ1) is 12.2. The number of nitriles is 1. The average Bonchev–Trinajstić information content (AvgIpc) is 2.86. The van der Waals surface area contributed by atoms with E-state index >= 15 is 0 Å². The van der Waals surface area contributed by atoms with E-state index in [4.69, 9.17) is 10.00 Å². The molecule has 0 amide bonds. The predicted octanol–water partition coefficient (Wildman–Crippen LogP) is 2.47. The van der Waals surface area contributed by atoms with Gasteiger partial charge in [0.1, 0.15) is 11.4 Å². The Morgan fingerprint density at radius 2 is 2.15 bits per heavy atom. The van der Waals surface area contributed by atoms with Crippen LogP contribution in [-0.2, 0) is 6.42 Å². The third kappa shape index (κ3) is 1.88. The molecule has 5 nitrogen and oxygen atoms in total. The summed E-state index contributed by atoms with van der Waals surface area (Å²) in [5.74, 6) is 0.732. The van der Waals surface area contributed by atoms with E-state index in [1.165, 1.54) is 0 Å². The van der Waals surface area contributed by atoms with Gasteiger partial charge in [-0.25, -0.2) is 9.50 Å². The van der Waals surface area contributed by atoms with Crippen molar-refractivity contribution in [1.29, 1.82) is 5.26 Å². The van der Waals surface area contributed by atoms with E-state index < -0.39 is 0 Å². The second kappa shape index (κ2) is 5.02. The first-order valence-corrected chi connectivity index (χ1v) is 6.17. The Kier molecular flexibility index (Phi) is 3.05. The molecule has 0 aliphatic carbocycles. The third-order valence-corrected chi connectivity index (χ3v) is 3.11. The number of benzene rings is 1. The highest BCUT2D eigenvalue weighted by Gasteiger charge is 2.17. The molecule has 0 aliphatic heterocycles. The summed E-state index contributed by atoms with van der Waals surface area (Å²) in [6, 6.07) is 11.6. The molecule has 0 atom stereocenters. The van der Waals surface area contributed by atoms with E-state index in [1.54, 1.807) is 17.8 Å². The van der Waals surface area contributed by atoms with Crippen molar-refractivity contribution in [1.82, 2.24) is 14.6 Å². The smallest absolute Gasteiger partial charge is 0.159 e. The van der Waals surface area contributed by atoms with Crippen LogP contribution in [-0.4, -0.2) is 21.7 Å². The average molecular weight is 264 g/mol. The summed E-state index contributed by atoms with van der Waals surface area (Å²) in [7, 11) is 1.62. The van der Waals surface area contributed by atoms with Crippen molar-refractivity contribution >= 4 is 5.65 Å². The molecule has 0 saturated heterocycles. The summed E-state index contributed by atoms with van der Waals surface area (Å²) in [4.78, 5) is 4.31. The van der Waals surface area contributed by atoms with Gasteiger partial charge in [-0.15, -0.1) is 0 Å². The number of aromatic nitrogens is 3. The molecular formula is C15H12N4O. The fraction of sp³-hybridized carbons (Fsp3) is 0.133. The van der Waals surface area contributed by atoms with Gasteiger partial charge in [0.2, 0.25) is 0 Å². The van der Waals surface area contributed by atoms with Crippen LogP contribution in [0.3, 0.4) is 0 Å². The Labute approximate surface area is 116 Å². The Hall–Kier alpha value is -2.87. The van der Waals surface area contributed by atoms with Gasteiger partial charge >= 0.3 is 0 Å². The van der Waals surface area contributed by atoms with Crippen LogP contribution >= 0.6 is 0 Å². The molecule has 3 rings (SSSR count). The zero-order valence-electron chi connectivity index (χ0n) is 10.9. The van der Waals surface area contributed by atoms with Crippen LogP contribution in [0, 0.1) is 11.3 Å². The Morgan fingerprint density at radius 3 is 2.95 bits per heavy atom. The number of nitrogens with zero attached hydrogens (tertiary/aromatic N) is 4. The van der Waals surface area contributed by atoms with Gasteiger partial charge in [-0.3, -0.25) is 0 Å². The first-order valence-electron chi connectivity index (χ1n) is 6.17. The predicted molar refractivity (Wildman–Crippen MR) is 74.3 cm³/mol. The van der Waals surface area contributed by atoms with Gasteiger partial charge in [-0.2, -0.15) is 10.4 Å². The molecule has 0 unspecified atom stereocenters. The van der Waals surface area contributed by atoms with E-state index in [2.05, 4.69) is 16.2 Å². The van der Waals surface area contributed by atoms with Crippen molar-refractivity contribution in [2.24, 2.45) is 0 Å². The topological polar surface area (TPSA) is 63.2 Å². The minimum atomic E-state index is 0.258. The first-order chi connectivity index (χ1) is 9.85. The number of hydrogen-bond donors (Lipinski definition) is 0. The standard InChI is InChI=1S/C15H12N4O/c1-20-13-6-3-2-5-11(13)14-12(7-8-16)15-17-9-4-10-19(15)18-14/h2-6,9-10H,7H2,1H3. The summed E-state index contributed by atoms with van der Waals surface area (Å²) in [6.07, 6.45) is 3.78. The second-order valence-electron chi connectivity index (χ2n) is 4.25. The monoisotopic (exact) mass is 264 g/mol. The van der Waals surface area contributed by atoms with Crippen LogP contribution < -0.4 is 4.74 Å². The number of ether oxygens (including phenoxy) is 1. The fourth-order valence-corrected chi connectivity index (χ4v) is 2.23. The van der Waals surface area contributed by atoms with E-state index in [1.807, 2.05) is 36.5 Å². The summed E-state index contributed by atoms with van der Waals surface area (Å²) < 4.78 is 7.07. The fourth-order valence-electron chi connectivity index (χ4n) is 2.23. The molecule has 0 bridgehead atoms. The van der Waals surface area contributed by atoms with Crippen molar-refractivity contribution in [2.45, 2.75) is 6.42 Å². The van der Waals surface area contributed by atoms with Crippen molar-refractivity contribution < 1.29 is 4.74 Å². The summed E-state index contributed by atoms with van der Waals surface area (Å²) in [6.45, 7) is 0. The normalized spacial score (nSPS) is 10.4. The van der Waals surface area contributed by atoms with E-state index in [0.717, 1.165) is 22.6 Å². The van der Waals surface area contributed by atoms with Gasteiger partial charge < -0.3 is 4.74 Å². The van der Waals surface area contributed by atoms with E-state index in [-0.39, 0.29) is 6.42 Å². The summed E-state index contributed by atoms with van der Waals surface area (Å²) >= 11 is 0. The molecule has 2 heterocycles. The van der Waals surface area contributed by atoms with E-state index in [9.17, 15) is 0 Å². The maximum Gasteiger partial charge on any atom is 0.159 e. The Balaban J connectivity index is 2.30. The molecule has 0 radical (unpaired) electrons. The molecule has 0 fully saturated rings. The van der Waals surface area contributed by atoms with Crippen molar-refractivity contribution in [2.75, 3.05) is 7.11 Å². The molecule has 5 heteroatoms. The highest BCUT2D eigenvalue weighted by Crippen LogP contribution is 2.32. The lowest BCUT2D eigenvalue weighted by Crippen LogP contribution is -1.91. The highest BCUT2D eigenvalue weighted by molar-refractivity contribution is 5.75. The molecule has 0 spiro atoms. The number of rotatable bonds is 3. The third-order valence-electron chi connectivity index (χ3n) is 3.11. The Morgan fingerprint density at radius 1 is 1.30 bits per heavy atom. The molecule has 2 aromatic heterocycles. The van der Waals surface area contributed by atoms with E-state index in [0.29, 0.717) is 5.65 Å². The van der Waals surface area contributed by atoms with Crippen molar-refractivity contribution in [3.63, 3.8) is 0 Å². The van der Waals surface area contributed by atoms with Gasteiger partial charge in [-0.05, 0) is 18.2 Å². The minimum absolute atomic E-state index is 0.258. The second-order valence-corrected chi connectivity index (χ2v) is 4.25. The zero-order valence-corrected chi connectivity index (χ0v) is 10.9.